The van der Waals surface area contributed by atoms with Crippen molar-refractivity contribution in [1.29, 1.82) is 0 Å². The van der Waals surface area contributed by atoms with Crippen molar-refractivity contribution >= 4 is 0 Å². The summed E-state index contributed by atoms with van der Waals surface area (Å²) in [7, 11) is 4.17. The first-order valence-electron chi connectivity index (χ1n) is 8.54. The van der Waals surface area contributed by atoms with Crippen LogP contribution in [0.3, 0.4) is 0 Å². The number of rotatable bonds is 4. The fraction of sp³-hybridized carbons (Fsp3) is 0.824. The molecule has 1 aliphatic carbocycles. The van der Waals surface area contributed by atoms with Gasteiger partial charge in [0.15, 0.2) is 0 Å². The molecule has 4 heteroatoms. The van der Waals surface area contributed by atoms with E-state index in [1.807, 2.05) is 0 Å². The van der Waals surface area contributed by atoms with Crippen molar-refractivity contribution in [3.63, 3.8) is 0 Å². The topological polar surface area (TPSA) is 33.1 Å². The average Bonchev–Trinajstić information content (AvgIpc) is 3.24. The number of hydrogen-bond donors (Lipinski definition) is 1. The average molecular weight is 290 g/mol. The van der Waals surface area contributed by atoms with E-state index < -0.39 is 0 Å². The highest BCUT2D eigenvalue weighted by Crippen LogP contribution is 2.43. The van der Waals surface area contributed by atoms with Gasteiger partial charge < -0.3 is 5.32 Å². The molecule has 4 nitrogen and oxygen atoms in total. The Kier molecular flexibility index (Phi) is 4.36. The Morgan fingerprint density at radius 3 is 2.52 bits per heavy atom. The summed E-state index contributed by atoms with van der Waals surface area (Å²) in [6.45, 7) is 6.81. The molecule has 2 aliphatic rings. The normalized spacial score (nSPS) is 27.8. The third-order valence-electron chi connectivity index (χ3n) is 5.39. The molecule has 0 radical (unpaired) electrons. The highest BCUT2D eigenvalue weighted by atomic mass is 15.3. The van der Waals surface area contributed by atoms with Crippen LogP contribution in [0.15, 0.2) is 0 Å². The van der Waals surface area contributed by atoms with Crippen molar-refractivity contribution in [3.8, 4) is 0 Å². The van der Waals surface area contributed by atoms with E-state index in [-0.39, 0.29) is 0 Å². The summed E-state index contributed by atoms with van der Waals surface area (Å²) in [5.41, 5.74) is 4.09. The minimum Gasteiger partial charge on any atom is -0.319 e. The van der Waals surface area contributed by atoms with Crippen LogP contribution in [-0.4, -0.2) is 40.9 Å². The smallest absolute Gasteiger partial charge is 0.0644 e. The lowest BCUT2D eigenvalue weighted by molar-refractivity contribution is 0.144. The molecule has 1 aliphatic heterocycles. The number of aryl methyl sites for hydroxylation is 2. The molecule has 2 fully saturated rings. The van der Waals surface area contributed by atoms with Crippen LogP contribution in [0, 0.1) is 19.8 Å². The molecule has 2 atom stereocenters. The van der Waals surface area contributed by atoms with Gasteiger partial charge in [-0.3, -0.25) is 9.58 Å². The van der Waals surface area contributed by atoms with Crippen LogP contribution in [0.5, 0.6) is 0 Å². The third kappa shape index (κ3) is 2.88. The highest BCUT2D eigenvalue weighted by Gasteiger charge is 2.40. The van der Waals surface area contributed by atoms with Crippen molar-refractivity contribution in [2.75, 3.05) is 20.1 Å². The van der Waals surface area contributed by atoms with Crippen molar-refractivity contribution in [2.24, 2.45) is 13.0 Å². The fourth-order valence-electron chi connectivity index (χ4n) is 4.18. The minimum atomic E-state index is 0.557. The summed E-state index contributed by atoms with van der Waals surface area (Å²) >= 11 is 0. The van der Waals surface area contributed by atoms with Gasteiger partial charge in [0.2, 0.25) is 0 Å². The van der Waals surface area contributed by atoms with Gasteiger partial charge >= 0.3 is 0 Å². The van der Waals surface area contributed by atoms with E-state index >= 15 is 0 Å². The summed E-state index contributed by atoms with van der Waals surface area (Å²) in [6, 6.07) is 1.38. The molecule has 3 rings (SSSR count). The predicted molar refractivity (Wildman–Crippen MR) is 86.4 cm³/mol. The molecule has 1 N–H and O–H groups in total. The van der Waals surface area contributed by atoms with Gasteiger partial charge in [-0.1, -0.05) is 6.42 Å². The Balaban J connectivity index is 2.00. The van der Waals surface area contributed by atoms with Crippen LogP contribution in [0.2, 0.25) is 0 Å². The van der Waals surface area contributed by atoms with E-state index in [0.717, 1.165) is 12.6 Å². The number of likely N-dealkylation sites (tertiary alicyclic amines) is 1. The minimum absolute atomic E-state index is 0.557. The second-order valence-corrected chi connectivity index (χ2v) is 6.94. The molecule has 1 aromatic rings. The Bertz CT molecular complexity index is 489. The van der Waals surface area contributed by atoms with Crippen LogP contribution in [0.4, 0.5) is 0 Å². The van der Waals surface area contributed by atoms with E-state index in [1.165, 1.54) is 55.6 Å². The molecule has 1 aromatic heterocycles. The number of nitrogens with zero attached hydrogens (tertiary/aromatic N) is 3. The van der Waals surface area contributed by atoms with Gasteiger partial charge in [0.05, 0.1) is 5.69 Å². The first kappa shape index (κ1) is 15.0. The first-order valence-corrected chi connectivity index (χ1v) is 8.54. The summed E-state index contributed by atoms with van der Waals surface area (Å²) < 4.78 is 2.07. The Labute approximate surface area is 128 Å². The highest BCUT2D eigenvalue weighted by molar-refractivity contribution is 5.30. The second kappa shape index (κ2) is 6.09. The first-order chi connectivity index (χ1) is 10.1. The molecule has 0 spiro atoms. The molecule has 1 saturated heterocycles. The molecular weight excluding hydrogens is 260 g/mol. The van der Waals surface area contributed by atoms with Gasteiger partial charge in [-0.15, -0.1) is 0 Å². The fourth-order valence-corrected chi connectivity index (χ4v) is 4.18. The Morgan fingerprint density at radius 1 is 1.19 bits per heavy atom. The molecule has 0 aromatic carbocycles. The van der Waals surface area contributed by atoms with Gasteiger partial charge in [-0.05, 0) is 65.6 Å². The van der Waals surface area contributed by atoms with Crippen LogP contribution >= 0.6 is 0 Å². The molecular formula is C17H30N4. The van der Waals surface area contributed by atoms with E-state index in [9.17, 15) is 0 Å². The van der Waals surface area contributed by atoms with Crippen LogP contribution in [0.25, 0.3) is 0 Å². The Morgan fingerprint density at radius 2 is 1.95 bits per heavy atom. The van der Waals surface area contributed by atoms with Gasteiger partial charge in [-0.2, -0.15) is 5.10 Å². The number of nitrogens with one attached hydrogen (secondary N) is 1. The lowest BCUT2D eigenvalue weighted by atomic mass is 9.87. The summed E-state index contributed by atoms with van der Waals surface area (Å²) in [6.07, 6.45) is 6.83. The summed E-state index contributed by atoms with van der Waals surface area (Å²) in [4.78, 5) is 2.81. The van der Waals surface area contributed by atoms with Crippen LogP contribution in [-0.2, 0) is 7.05 Å². The third-order valence-corrected chi connectivity index (χ3v) is 5.39. The van der Waals surface area contributed by atoms with E-state index in [0.29, 0.717) is 12.0 Å². The summed E-state index contributed by atoms with van der Waals surface area (Å²) in [5.74, 6) is 0.708. The lowest BCUT2D eigenvalue weighted by Crippen LogP contribution is -2.38. The number of hydrogen-bond acceptors (Lipinski definition) is 3. The van der Waals surface area contributed by atoms with Crippen molar-refractivity contribution < 1.29 is 0 Å². The van der Waals surface area contributed by atoms with Gasteiger partial charge in [0.25, 0.3) is 0 Å². The van der Waals surface area contributed by atoms with E-state index in [1.54, 1.807) is 0 Å². The Hall–Kier alpha value is -0.870. The molecule has 21 heavy (non-hydrogen) atoms. The van der Waals surface area contributed by atoms with Gasteiger partial charge in [0.1, 0.15) is 0 Å². The van der Waals surface area contributed by atoms with Crippen molar-refractivity contribution in [1.82, 2.24) is 20.0 Å². The zero-order chi connectivity index (χ0) is 15.0. The van der Waals surface area contributed by atoms with Crippen LogP contribution < -0.4 is 5.32 Å². The van der Waals surface area contributed by atoms with Gasteiger partial charge in [0, 0.05) is 30.4 Å². The quantitative estimate of drug-likeness (QED) is 0.925. The number of aromatic nitrogens is 2. The zero-order valence-electron chi connectivity index (χ0n) is 14.0. The molecule has 2 heterocycles. The van der Waals surface area contributed by atoms with Crippen LogP contribution in [0.1, 0.15) is 55.1 Å². The van der Waals surface area contributed by atoms with Crippen molar-refractivity contribution in [2.45, 2.75) is 58.0 Å². The standard InChI is InChI=1S/C17H30N4/c1-12-16(13(2)20(4)19-12)17-14(11-18-3)7-5-6-10-21(17)15-8-9-15/h14-15,17-18H,5-11H2,1-4H3. The maximum atomic E-state index is 4.69. The SMILES string of the molecule is CNCC1CCCCN(C2CC2)C1c1c(C)nn(C)c1C. The maximum Gasteiger partial charge on any atom is 0.0644 e. The monoisotopic (exact) mass is 290 g/mol. The zero-order valence-corrected chi connectivity index (χ0v) is 14.0. The predicted octanol–water partition coefficient (Wildman–Crippen LogP) is 2.56. The molecule has 0 amide bonds. The molecule has 0 bridgehead atoms. The van der Waals surface area contributed by atoms with E-state index in [4.69, 9.17) is 5.10 Å². The van der Waals surface area contributed by atoms with E-state index in [2.05, 4.69) is 42.8 Å². The molecule has 118 valence electrons. The second-order valence-electron chi connectivity index (χ2n) is 6.94. The maximum absolute atomic E-state index is 4.69. The van der Waals surface area contributed by atoms with Crippen molar-refractivity contribution in [3.05, 3.63) is 17.0 Å². The molecule has 2 unspecified atom stereocenters. The lowest BCUT2D eigenvalue weighted by Gasteiger charge is -2.36. The largest absolute Gasteiger partial charge is 0.319 e. The summed E-state index contributed by atoms with van der Waals surface area (Å²) in [5, 5.41) is 8.13. The molecule has 1 saturated carbocycles. The van der Waals surface area contributed by atoms with Gasteiger partial charge in [-0.25, -0.2) is 0 Å².